The van der Waals surface area contributed by atoms with Gasteiger partial charge in [-0.3, -0.25) is 5.43 Å². The number of hydrazone groups is 1. The quantitative estimate of drug-likeness (QED) is 0.460. The lowest BCUT2D eigenvalue weighted by Gasteiger charge is -2.03. The van der Waals surface area contributed by atoms with Crippen LogP contribution in [0.5, 0.6) is 0 Å². The van der Waals surface area contributed by atoms with Gasteiger partial charge in [-0.15, -0.1) is 0 Å². The number of nitrogens with one attached hydrogen (secondary N) is 1. The van der Waals surface area contributed by atoms with E-state index in [0.717, 1.165) is 11.8 Å². The summed E-state index contributed by atoms with van der Waals surface area (Å²) in [6, 6.07) is 16.4. The average molecular weight is 350 g/mol. The van der Waals surface area contributed by atoms with Gasteiger partial charge in [-0.2, -0.15) is 5.10 Å². The number of carboxylic acids is 2. The van der Waals surface area contributed by atoms with Crippen LogP contribution in [0.1, 0.15) is 26.5 Å². The predicted octanol–water partition coefficient (Wildman–Crippen LogP) is 3.79. The standard InChI is InChI=1S/C19H14N2O5/c22-18(23)13-8-12(9-14(10-13)19(24)25)17-7-6-16(26-17)11-20-21-15-4-2-1-3-5-15/h1-11,21H,(H,22,23)(H,24,25)/b20-11+. The molecule has 0 aliphatic rings. The molecule has 0 atom stereocenters. The van der Waals surface area contributed by atoms with Gasteiger partial charge in [0.25, 0.3) is 0 Å². The fraction of sp³-hybridized carbons (Fsp3) is 0. The van der Waals surface area contributed by atoms with Gasteiger partial charge in [0.05, 0.1) is 23.0 Å². The lowest BCUT2D eigenvalue weighted by Crippen LogP contribution is -2.02. The summed E-state index contributed by atoms with van der Waals surface area (Å²) in [6.07, 6.45) is 1.47. The fourth-order valence-corrected chi connectivity index (χ4v) is 2.28. The van der Waals surface area contributed by atoms with Crippen molar-refractivity contribution in [1.29, 1.82) is 0 Å². The van der Waals surface area contributed by atoms with E-state index in [0.29, 0.717) is 17.1 Å². The molecule has 3 rings (SSSR count). The largest absolute Gasteiger partial charge is 0.478 e. The Morgan fingerprint density at radius 3 is 2.19 bits per heavy atom. The minimum Gasteiger partial charge on any atom is -0.478 e. The molecule has 0 saturated heterocycles. The number of hydrogen-bond donors (Lipinski definition) is 3. The summed E-state index contributed by atoms with van der Waals surface area (Å²) in [5.41, 5.74) is 3.76. The number of anilines is 1. The number of furan rings is 1. The fourth-order valence-electron chi connectivity index (χ4n) is 2.28. The monoisotopic (exact) mass is 350 g/mol. The zero-order valence-electron chi connectivity index (χ0n) is 13.4. The highest BCUT2D eigenvalue weighted by Gasteiger charge is 2.14. The van der Waals surface area contributed by atoms with Crippen LogP contribution in [0.3, 0.4) is 0 Å². The van der Waals surface area contributed by atoms with E-state index in [1.165, 1.54) is 18.3 Å². The van der Waals surface area contributed by atoms with E-state index in [-0.39, 0.29) is 11.1 Å². The molecule has 26 heavy (non-hydrogen) atoms. The average Bonchev–Trinajstić information content (AvgIpc) is 3.11. The minimum atomic E-state index is -1.21. The Morgan fingerprint density at radius 1 is 0.923 bits per heavy atom. The Bertz CT molecular complexity index is 944. The third-order valence-corrected chi connectivity index (χ3v) is 3.50. The van der Waals surface area contributed by atoms with Crippen molar-refractivity contribution in [2.45, 2.75) is 0 Å². The molecule has 0 fully saturated rings. The molecule has 1 heterocycles. The Kier molecular flexibility index (Phi) is 4.80. The Labute approximate surface area is 148 Å². The molecule has 0 aliphatic carbocycles. The maximum absolute atomic E-state index is 11.2. The molecule has 1 aromatic heterocycles. The van der Waals surface area contributed by atoms with Crippen molar-refractivity contribution < 1.29 is 24.2 Å². The van der Waals surface area contributed by atoms with Crippen molar-refractivity contribution in [3.63, 3.8) is 0 Å². The molecule has 0 radical (unpaired) electrons. The van der Waals surface area contributed by atoms with Crippen LogP contribution in [0.15, 0.2) is 70.2 Å². The van der Waals surface area contributed by atoms with Crippen molar-refractivity contribution in [2.75, 3.05) is 5.43 Å². The third kappa shape index (κ3) is 3.96. The maximum Gasteiger partial charge on any atom is 0.335 e. The first-order valence-electron chi connectivity index (χ1n) is 7.59. The van der Waals surface area contributed by atoms with Crippen LogP contribution in [-0.2, 0) is 0 Å². The number of rotatable bonds is 6. The van der Waals surface area contributed by atoms with E-state index in [2.05, 4.69) is 10.5 Å². The van der Waals surface area contributed by atoms with Gasteiger partial charge in [0.2, 0.25) is 0 Å². The molecule has 7 heteroatoms. The predicted molar refractivity (Wildman–Crippen MR) is 95.7 cm³/mol. The zero-order chi connectivity index (χ0) is 18.5. The lowest BCUT2D eigenvalue weighted by molar-refractivity contribution is 0.0696. The summed E-state index contributed by atoms with van der Waals surface area (Å²) in [4.78, 5) is 22.4. The minimum absolute atomic E-state index is 0.128. The van der Waals surface area contributed by atoms with Crippen LogP contribution in [0.2, 0.25) is 0 Å². The highest BCUT2D eigenvalue weighted by atomic mass is 16.4. The van der Waals surface area contributed by atoms with Crippen molar-refractivity contribution in [1.82, 2.24) is 0 Å². The Balaban J connectivity index is 1.83. The number of nitrogens with zero attached hydrogens (tertiary/aromatic N) is 1. The van der Waals surface area contributed by atoms with Crippen LogP contribution in [0.4, 0.5) is 5.69 Å². The van der Waals surface area contributed by atoms with Gasteiger partial charge in [0, 0.05) is 5.56 Å². The van der Waals surface area contributed by atoms with Gasteiger partial charge in [-0.25, -0.2) is 9.59 Å². The first kappa shape index (κ1) is 17.0. The van der Waals surface area contributed by atoms with E-state index < -0.39 is 11.9 Å². The molecule has 0 unspecified atom stereocenters. The number of aromatic carboxylic acids is 2. The summed E-state index contributed by atoms with van der Waals surface area (Å²) >= 11 is 0. The number of carbonyl (C=O) groups is 2. The molecule has 130 valence electrons. The van der Waals surface area contributed by atoms with Gasteiger partial charge in [0.1, 0.15) is 11.5 Å². The molecule has 0 bridgehead atoms. The van der Waals surface area contributed by atoms with Gasteiger partial charge < -0.3 is 14.6 Å². The summed E-state index contributed by atoms with van der Waals surface area (Å²) in [5, 5.41) is 22.3. The SMILES string of the molecule is O=C(O)c1cc(C(=O)O)cc(-c2ccc(/C=N/Nc3ccccc3)o2)c1. The van der Waals surface area contributed by atoms with Crippen LogP contribution in [0, 0.1) is 0 Å². The summed E-state index contributed by atoms with van der Waals surface area (Å²) in [5.74, 6) is -1.65. The van der Waals surface area contributed by atoms with E-state index in [1.54, 1.807) is 12.1 Å². The first-order valence-corrected chi connectivity index (χ1v) is 7.59. The number of carboxylic acid groups (broad SMARTS) is 2. The first-order chi connectivity index (χ1) is 12.5. The molecular formula is C19H14N2O5. The number of benzene rings is 2. The van der Waals surface area contributed by atoms with Crippen molar-refractivity contribution in [3.8, 4) is 11.3 Å². The Morgan fingerprint density at radius 2 is 1.58 bits per heavy atom. The number of hydrogen-bond acceptors (Lipinski definition) is 5. The second kappa shape index (κ2) is 7.35. The molecule has 2 aromatic carbocycles. The molecule has 7 nitrogen and oxygen atoms in total. The van der Waals surface area contributed by atoms with Crippen LogP contribution in [-0.4, -0.2) is 28.4 Å². The molecule has 0 amide bonds. The summed E-state index contributed by atoms with van der Waals surface area (Å²) < 4.78 is 5.60. The van der Waals surface area contributed by atoms with E-state index in [4.69, 9.17) is 14.6 Å². The van der Waals surface area contributed by atoms with Crippen LogP contribution in [0.25, 0.3) is 11.3 Å². The summed E-state index contributed by atoms with van der Waals surface area (Å²) in [7, 11) is 0. The molecular weight excluding hydrogens is 336 g/mol. The Hall–Kier alpha value is -3.87. The number of para-hydroxylation sites is 1. The topological polar surface area (TPSA) is 112 Å². The highest BCUT2D eigenvalue weighted by Crippen LogP contribution is 2.24. The van der Waals surface area contributed by atoms with E-state index >= 15 is 0 Å². The van der Waals surface area contributed by atoms with Crippen molar-refractivity contribution >= 4 is 23.8 Å². The third-order valence-electron chi connectivity index (χ3n) is 3.50. The molecule has 0 aliphatic heterocycles. The maximum atomic E-state index is 11.2. The van der Waals surface area contributed by atoms with Crippen LogP contribution < -0.4 is 5.43 Å². The van der Waals surface area contributed by atoms with Crippen molar-refractivity contribution in [2.24, 2.45) is 5.10 Å². The lowest BCUT2D eigenvalue weighted by atomic mass is 10.0. The van der Waals surface area contributed by atoms with E-state index in [9.17, 15) is 9.59 Å². The van der Waals surface area contributed by atoms with Gasteiger partial charge in [-0.1, -0.05) is 18.2 Å². The van der Waals surface area contributed by atoms with Gasteiger partial charge in [0.15, 0.2) is 0 Å². The molecule has 3 aromatic rings. The molecule has 3 N–H and O–H groups in total. The molecule has 0 spiro atoms. The summed E-state index contributed by atoms with van der Waals surface area (Å²) in [6.45, 7) is 0. The van der Waals surface area contributed by atoms with E-state index in [1.807, 2.05) is 30.3 Å². The van der Waals surface area contributed by atoms with Gasteiger partial charge in [-0.05, 0) is 42.5 Å². The second-order valence-electron chi connectivity index (χ2n) is 5.35. The van der Waals surface area contributed by atoms with Crippen LogP contribution >= 0.6 is 0 Å². The van der Waals surface area contributed by atoms with Gasteiger partial charge >= 0.3 is 11.9 Å². The second-order valence-corrected chi connectivity index (χ2v) is 5.35. The normalized spacial score (nSPS) is 10.8. The molecule has 0 saturated carbocycles. The smallest absolute Gasteiger partial charge is 0.335 e. The highest BCUT2D eigenvalue weighted by molar-refractivity contribution is 5.96. The van der Waals surface area contributed by atoms with Crippen molar-refractivity contribution in [3.05, 3.63) is 77.6 Å². The zero-order valence-corrected chi connectivity index (χ0v) is 13.4.